The van der Waals surface area contributed by atoms with E-state index in [1.54, 1.807) is 0 Å². The fraction of sp³-hybridized carbons (Fsp3) is 0.167. The molecule has 0 aliphatic heterocycles. The Labute approximate surface area is 62.2 Å². The summed E-state index contributed by atoms with van der Waals surface area (Å²) < 4.78 is 4.31. The highest BCUT2D eigenvalue weighted by atomic mass is 16.5. The lowest BCUT2D eigenvalue weighted by atomic mass is 10.4. The van der Waals surface area contributed by atoms with Crippen LogP contribution in [0, 0.1) is 0 Å². The van der Waals surface area contributed by atoms with Gasteiger partial charge in [0.15, 0.2) is 5.75 Å². The summed E-state index contributed by atoms with van der Waals surface area (Å²) in [5.41, 5.74) is 0.0162. The molecule has 0 fully saturated rings. The second-order valence-electron chi connectivity index (χ2n) is 1.91. The van der Waals surface area contributed by atoms with Gasteiger partial charge in [0.25, 0.3) is 0 Å². The summed E-state index contributed by atoms with van der Waals surface area (Å²) in [7, 11) is 1.21. The van der Waals surface area contributed by atoms with Gasteiger partial charge in [-0.15, -0.1) is 0 Å². The van der Waals surface area contributed by atoms with Gasteiger partial charge in [-0.25, -0.2) is 4.79 Å². The van der Waals surface area contributed by atoms with Crippen LogP contribution in [0.2, 0.25) is 0 Å². The molecular weight excluding hydrogens is 150 g/mol. The Kier molecular flexibility index (Phi) is 1.72. The number of aromatic amines is 1. The minimum Gasteiger partial charge on any atom is -0.503 e. The maximum absolute atomic E-state index is 10.7. The van der Waals surface area contributed by atoms with E-state index < -0.39 is 11.8 Å². The molecule has 0 atom stereocenters. The van der Waals surface area contributed by atoms with Crippen LogP contribution < -0.4 is 0 Å². The van der Waals surface area contributed by atoms with E-state index >= 15 is 0 Å². The van der Waals surface area contributed by atoms with Crippen molar-refractivity contribution in [3.63, 3.8) is 0 Å². The van der Waals surface area contributed by atoms with Crippen LogP contribution in [-0.4, -0.2) is 28.3 Å². The third-order valence-corrected chi connectivity index (χ3v) is 1.18. The second-order valence-corrected chi connectivity index (χ2v) is 1.91. The zero-order valence-corrected chi connectivity index (χ0v) is 5.79. The maximum Gasteiger partial charge on any atom is 0.354 e. The molecule has 0 saturated heterocycles. The summed E-state index contributed by atoms with van der Waals surface area (Å²) in [5.74, 6) is -1.45. The molecule has 0 unspecified atom stereocenters. The van der Waals surface area contributed by atoms with Crippen molar-refractivity contribution in [2.75, 3.05) is 7.11 Å². The summed E-state index contributed by atoms with van der Waals surface area (Å²) in [5, 5.41) is 17.6. The highest BCUT2D eigenvalue weighted by molar-refractivity contribution is 5.88. The largest absolute Gasteiger partial charge is 0.503 e. The molecule has 5 nitrogen and oxygen atoms in total. The van der Waals surface area contributed by atoms with E-state index in [2.05, 4.69) is 9.72 Å². The van der Waals surface area contributed by atoms with E-state index in [1.807, 2.05) is 0 Å². The minimum atomic E-state index is -0.638. The van der Waals surface area contributed by atoms with E-state index in [-0.39, 0.29) is 11.4 Å². The molecule has 0 aromatic carbocycles. The number of carbonyl (C=O) groups is 1. The van der Waals surface area contributed by atoms with Crippen molar-refractivity contribution in [2.24, 2.45) is 0 Å². The Bertz CT molecular complexity index is 259. The molecule has 0 saturated carbocycles. The first-order valence-electron chi connectivity index (χ1n) is 2.84. The fourth-order valence-electron chi connectivity index (χ4n) is 0.653. The molecule has 1 aromatic heterocycles. The number of aromatic hydroxyl groups is 2. The summed E-state index contributed by atoms with van der Waals surface area (Å²) in [4.78, 5) is 12.9. The summed E-state index contributed by atoms with van der Waals surface area (Å²) >= 11 is 0. The van der Waals surface area contributed by atoms with Crippen molar-refractivity contribution >= 4 is 5.97 Å². The van der Waals surface area contributed by atoms with Crippen molar-refractivity contribution in [1.82, 2.24) is 4.98 Å². The predicted molar refractivity (Wildman–Crippen MR) is 35.5 cm³/mol. The molecule has 0 aliphatic carbocycles. The van der Waals surface area contributed by atoms with Gasteiger partial charge < -0.3 is 19.9 Å². The van der Waals surface area contributed by atoms with Crippen LogP contribution in [0.25, 0.3) is 0 Å². The standard InChI is InChI=1S/C6H7NO4/c1-11-6(10)3-2-4(8)5(9)7-3/h2,7-9H,1H3. The van der Waals surface area contributed by atoms with Gasteiger partial charge in [-0.2, -0.15) is 0 Å². The van der Waals surface area contributed by atoms with Crippen LogP contribution in [0.15, 0.2) is 6.07 Å². The Morgan fingerprint density at radius 2 is 2.27 bits per heavy atom. The summed E-state index contributed by atoms with van der Waals surface area (Å²) in [6.45, 7) is 0. The number of H-pyrrole nitrogens is 1. The average molecular weight is 157 g/mol. The van der Waals surface area contributed by atoms with Gasteiger partial charge in [0.1, 0.15) is 5.69 Å². The molecule has 0 aliphatic rings. The third-order valence-electron chi connectivity index (χ3n) is 1.18. The number of nitrogens with one attached hydrogen (secondary N) is 1. The zero-order chi connectivity index (χ0) is 8.43. The van der Waals surface area contributed by atoms with Gasteiger partial charge in [-0.05, 0) is 0 Å². The molecule has 0 bridgehead atoms. The Morgan fingerprint density at radius 1 is 1.64 bits per heavy atom. The van der Waals surface area contributed by atoms with Crippen LogP contribution in [0.3, 0.4) is 0 Å². The van der Waals surface area contributed by atoms with Crippen LogP contribution in [0.5, 0.6) is 11.6 Å². The molecule has 0 amide bonds. The lowest BCUT2D eigenvalue weighted by molar-refractivity contribution is 0.0594. The van der Waals surface area contributed by atoms with Crippen molar-refractivity contribution in [1.29, 1.82) is 0 Å². The first-order chi connectivity index (χ1) is 5.15. The first-order valence-corrected chi connectivity index (χ1v) is 2.84. The average Bonchev–Trinajstić information content (AvgIpc) is 2.31. The first kappa shape index (κ1) is 7.46. The van der Waals surface area contributed by atoms with E-state index in [0.29, 0.717) is 0 Å². The quantitative estimate of drug-likeness (QED) is 0.509. The van der Waals surface area contributed by atoms with Crippen LogP contribution in [0.4, 0.5) is 0 Å². The van der Waals surface area contributed by atoms with Crippen molar-refractivity contribution in [3.05, 3.63) is 11.8 Å². The van der Waals surface area contributed by atoms with E-state index in [9.17, 15) is 4.79 Å². The molecule has 1 rings (SSSR count). The molecule has 1 aromatic rings. The number of carbonyl (C=O) groups excluding carboxylic acids is 1. The van der Waals surface area contributed by atoms with Gasteiger partial charge in [0, 0.05) is 6.07 Å². The minimum absolute atomic E-state index is 0.0162. The summed E-state index contributed by atoms with van der Waals surface area (Å²) in [6, 6.07) is 1.08. The van der Waals surface area contributed by atoms with Gasteiger partial charge in [-0.3, -0.25) is 0 Å². The monoisotopic (exact) mass is 157 g/mol. The molecule has 3 N–H and O–H groups in total. The molecule has 1 heterocycles. The number of hydrogen-bond donors (Lipinski definition) is 3. The Hall–Kier alpha value is -1.65. The number of rotatable bonds is 1. The van der Waals surface area contributed by atoms with Gasteiger partial charge in [-0.1, -0.05) is 0 Å². The fourth-order valence-corrected chi connectivity index (χ4v) is 0.653. The van der Waals surface area contributed by atoms with E-state index in [4.69, 9.17) is 10.2 Å². The molecule has 5 heteroatoms. The molecule has 11 heavy (non-hydrogen) atoms. The number of ether oxygens (including phenoxy) is 1. The van der Waals surface area contributed by atoms with Crippen LogP contribution in [-0.2, 0) is 4.74 Å². The SMILES string of the molecule is COC(=O)c1cc(O)c(O)[nH]1. The number of methoxy groups -OCH3 is 1. The third kappa shape index (κ3) is 1.26. The van der Waals surface area contributed by atoms with Gasteiger partial charge in [0.05, 0.1) is 7.11 Å². The Balaban J connectivity index is 2.97. The topological polar surface area (TPSA) is 82.6 Å². The van der Waals surface area contributed by atoms with Gasteiger partial charge in [0.2, 0.25) is 5.88 Å². The summed E-state index contributed by atoms with van der Waals surface area (Å²) in [6.07, 6.45) is 0. The lowest BCUT2D eigenvalue weighted by Crippen LogP contribution is -2.00. The smallest absolute Gasteiger partial charge is 0.354 e. The maximum atomic E-state index is 10.7. The zero-order valence-electron chi connectivity index (χ0n) is 5.79. The van der Waals surface area contributed by atoms with Crippen molar-refractivity contribution in [3.8, 4) is 11.6 Å². The Morgan fingerprint density at radius 3 is 2.64 bits per heavy atom. The van der Waals surface area contributed by atoms with Crippen LogP contribution >= 0.6 is 0 Å². The number of hydrogen-bond acceptors (Lipinski definition) is 4. The lowest BCUT2D eigenvalue weighted by Gasteiger charge is -1.91. The van der Waals surface area contributed by atoms with Crippen molar-refractivity contribution < 1.29 is 19.7 Å². The molecule has 0 spiro atoms. The van der Waals surface area contributed by atoms with Gasteiger partial charge >= 0.3 is 5.97 Å². The second kappa shape index (κ2) is 2.53. The van der Waals surface area contributed by atoms with E-state index in [0.717, 1.165) is 6.07 Å². The number of esters is 1. The van der Waals surface area contributed by atoms with Crippen molar-refractivity contribution in [2.45, 2.75) is 0 Å². The number of aromatic nitrogens is 1. The highest BCUT2D eigenvalue weighted by Crippen LogP contribution is 2.24. The molecular formula is C6H7NO4. The van der Waals surface area contributed by atoms with Crippen LogP contribution in [0.1, 0.15) is 10.5 Å². The highest BCUT2D eigenvalue weighted by Gasteiger charge is 2.11. The normalized spacial score (nSPS) is 9.55. The molecule has 60 valence electrons. The predicted octanol–water partition coefficient (Wildman–Crippen LogP) is 0.212. The molecule has 0 radical (unpaired) electrons. The van der Waals surface area contributed by atoms with E-state index in [1.165, 1.54) is 7.11 Å².